The van der Waals surface area contributed by atoms with E-state index in [1.54, 1.807) is 0 Å². The molecule has 130 valence electrons. The van der Waals surface area contributed by atoms with Crippen LogP contribution in [0.3, 0.4) is 0 Å². The van der Waals surface area contributed by atoms with Gasteiger partial charge in [-0.25, -0.2) is 8.80 Å². The van der Waals surface area contributed by atoms with E-state index in [0.717, 1.165) is 0 Å². The van der Waals surface area contributed by atoms with E-state index in [0.29, 0.717) is 0 Å². The maximum absolute atomic E-state index is 2.34. The number of hydrogen-bond donors (Lipinski definition) is 0. The topological polar surface area (TPSA) is 0 Å². The van der Waals surface area contributed by atoms with Crippen molar-refractivity contribution in [1.82, 2.24) is 0 Å². The highest BCUT2D eigenvalue weighted by Gasteiger charge is 2.15. The highest BCUT2D eigenvalue weighted by molar-refractivity contribution is 8.00. The molecule has 4 aromatic rings. The molecule has 1 aliphatic rings. The summed E-state index contributed by atoms with van der Waals surface area (Å²) in [6, 6.07) is 37.6. The fraction of sp³-hybridized carbons (Fsp3) is 0. The highest BCUT2D eigenvalue weighted by atomic mass is 32.2. The lowest BCUT2D eigenvalue weighted by atomic mass is 10.3. The van der Waals surface area contributed by atoms with Crippen molar-refractivity contribution in [3.63, 3.8) is 0 Å². The molecule has 0 fully saturated rings. The molecule has 0 amide bonds. The molecular formula is C24H17S2Si-. The summed E-state index contributed by atoms with van der Waals surface area (Å²) in [6.45, 7) is 0. The van der Waals surface area contributed by atoms with Crippen LogP contribution in [0.1, 0.15) is 0 Å². The van der Waals surface area contributed by atoms with Gasteiger partial charge < -0.3 is 0 Å². The summed E-state index contributed by atoms with van der Waals surface area (Å²) in [5.41, 5.74) is 0. The Bertz CT molecular complexity index is 1030. The summed E-state index contributed by atoms with van der Waals surface area (Å²) >= 11 is 3.73. The summed E-state index contributed by atoms with van der Waals surface area (Å²) in [6.07, 6.45) is 0. The molecule has 1 heterocycles. The summed E-state index contributed by atoms with van der Waals surface area (Å²) in [4.78, 5) is 5.39. The molecule has 0 atom stereocenters. The van der Waals surface area contributed by atoms with Crippen LogP contribution in [0.5, 0.6) is 0 Å². The maximum Gasteiger partial charge on any atom is 0.0122 e. The van der Waals surface area contributed by atoms with Crippen molar-refractivity contribution >= 4 is 47.9 Å². The van der Waals surface area contributed by atoms with Crippen molar-refractivity contribution in [3.8, 4) is 0 Å². The van der Waals surface area contributed by atoms with Gasteiger partial charge >= 0.3 is 0 Å². The Balaban J connectivity index is 1.53. The standard InChI is InChI=1S/C24H17S2Si/c1-2-8-18(9-3-1)25-19-14-16-20(17-15-19)27-23-12-6-4-10-21(23)26-22-11-5-7-13-24(22)27/h1-17H/q-1. The van der Waals surface area contributed by atoms with E-state index in [1.807, 2.05) is 23.5 Å². The molecule has 0 aliphatic carbocycles. The van der Waals surface area contributed by atoms with Crippen molar-refractivity contribution in [2.45, 2.75) is 19.6 Å². The van der Waals surface area contributed by atoms with Crippen LogP contribution in [-0.2, 0) is 0 Å². The van der Waals surface area contributed by atoms with Crippen molar-refractivity contribution in [2.75, 3.05) is 0 Å². The van der Waals surface area contributed by atoms with Gasteiger partial charge in [-0.2, -0.15) is 15.6 Å². The molecule has 0 spiro atoms. The molecule has 0 radical (unpaired) electrons. The Morgan fingerprint density at radius 2 is 1.04 bits per heavy atom. The number of fused-ring (bicyclic) bond motifs is 2. The molecule has 0 saturated heterocycles. The molecule has 4 aromatic carbocycles. The van der Waals surface area contributed by atoms with Gasteiger partial charge in [-0.15, -0.1) is 0 Å². The fourth-order valence-electron chi connectivity index (χ4n) is 3.41. The van der Waals surface area contributed by atoms with Gasteiger partial charge in [0.2, 0.25) is 0 Å². The highest BCUT2D eigenvalue weighted by Crippen LogP contribution is 2.30. The molecule has 3 heteroatoms. The Morgan fingerprint density at radius 3 is 1.67 bits per heavy atom. The normalized spacial score (nSPS) is 12.4. The first-order valence-electron chi connectivity index (χ1n) is 8.95. The minimum absolute atomic E-state index is 0.958. The second-order valence-electron chi connectivity index (χ2n) is 6.41. The molecule has 0 saturated carbocycles. The maximum atomic E-state index is 2.34. The Kier molecular flexibility index (Phi) is 4.66. The lowest BCUT2D eigenvalue weighted by Crippen LogP contribution is -2.55. The number of rotatable bonds is 3. The van der Waals surface area contributed by atoms with Gasteiger partial charge in [-0.05, 0) is 21.9 Å². The van der Waals surface area contributed by atoms with E-state index in [-0.39, 0.29) is 0 Å². The minimum atomic E-state index is -0.958. The zero-order valence-corrected chi connectivity index (χ0v) is 17.3. The van der Waals surface area contributed by atoms with Gasteiger partial charge in [0.1, 0.15) is 0 Å². The fourth-order valence-corrected chi connectivity index (χ4v) is 8.65. The molecular weight excluding hydrogens is 380 g/mol. The minimum Gasteiger partial charge on any atom is -0.216 e. The molecule has 0 unspecified atom stereocenters. The lowest BCUT2D eigenvalue weighted by molar-refractivity contribution is 1.41. The molecule has 5 rings (SSSR count). The summed E-state index contributed by atoms with van der Waals surface area (Å²) in [5.74, 6) is 0. The van der Waals surface area contributed by atoms with Crippen LogP contribution in [0.2, 0.25) is 0 Å². The van der Waals surface area contributed by atoms with Crippen LogP contribution < -0.4 is 15.6 Å². The van der Waals surface area contributed by atoms with Crippen molar-refractivity contribution in [1.29, 1.82) is 0 Å². The van der Waals surface area contributed by atoms with Gasteiger partial charge in [0.25, 0.3) is 0 Å². The Labute approximate surface area is 170 Å². The van der Waals surface area contributed by atoms with E-state index in [9.17, 15) is 0 Å². The zero-order valence-electron chi connectivity index (χ0n) is 14.6. The van der Waals surface area contributed by atoms with Gasteiger partial charge in [-0.3, -0.25) is 0 Å². The van der Waals surface area contributed by atoms with Crippen molar-refractivity contribution in [3.05, 3.63) is 103 Å². The van der Waals surface area contributed by atoms with Gasteiger partial charge in [0, 0.05) is 9.79 Å². The van der Waals surface area contributed by atoms with E-state index in [1.165, 1.54) is 35.1 Å². The second kappa shape index (κ2) is 7.43. The molecule has 1 aliphatic heterocycles. The average Bonchev–Trinajstić information content (AvgIpc) is 2.73. The SMILES string of the molecule is c1ccc(Sc2ccc([Si-]3c4ccccc4Sc4ccccc43)cc2)cc1. The van der Waals surface area contributed by atoms with Crippen LogP contribution >= 0.6 is 23.5 Å². The van der Waals surface area contributed by atoms with E-state index in [4.69, 9.17) is 0 Å². The van der Waals surface area contributed by atoms with Gasteiger partial charge in [0.05, 0.1) is 0 Å². The first kappa shape index (κ1) is 16.9. The zero-order chi connectivity index (χ0) is 18.1. The predicted octanol–water partition coefficient (Wildman–Crippen LogP) is 4.82. The molecule has 0 aromatic heterocycles. The Hall–Kier alpha value is -2.20. The van der Waals surface area contributed by atoms with Crippen LogP contribution in [0.25, 0.3) is 0 Å². The second-order valence-corrected chi connectivity index (χ2v) is 11.0. The smallest absolute Gasteiger partial charge is 0.0122 e. The summed E-state index contributed by atoms with van der Waals surface area (Å²) < 4.78 is 0. The number of hydrogen-bond acceptors (Lipinski definition) is 2. The molecule has 0 nitrogen and oxygen atoms in total. The van der Waals surface area contributed by atoms with Crippen LogP contribution in [-0.4, -0.2) is 8.80 Å². The van der Waals surface area contributed by atoms with E-state index in [2.05, 4.69) is 103 Å². The average molecular weight is 398 g/mol. The largest absolute Gasteiger partial charge is 0.216 e. The van der Waals surface area contributed by atoms with Crippen molar-refractivity contribution < 1.29 is 0 Å². The summed E-state index contributed by atoms with van der Waals surface area (Å²) in [5, 5.41) is 4.47. The summed E-state index contributed by atoms with van der Waals surface area (Å²) in [7, 11) is -0.958. The van der Waals surface area contributed by atoms with Gasteiger partial charge in [0.15, 0.2) is 0 Å². The van der Waals surface area contributed by atoms with E-state index < -0.39 is 8.80 Å². The van der Waals surface area contributed by atoms with Crippen LogP contribution in [0, 0.1) is 0 Å². The van der Waals surface area contributed by atoms with E-state index >= 15 is 0 Å². The molecule has 0 bridgehead atoms. The Morgan fingerprint density at radius 1 is 0.519 bits per heavy atom. The third-order valence-corrected chi connectivity index (χ3v) is 10.0. The predicted molar refractivity (Wildman–Crippen MR) is 119 cm³/mol. The third-order valence-electron chi connectivity index (χ3n) is 4.65. The first-order valence-corrected chi connectivity index (χ1v) is 12.1. The monoisotopic (exact) mass is 397 g/mol. The first-order chi connectivity index (χ1) is 13.4. The lowest BCUT2D eigenvalue weighted by Gasteiger charge is -2.40. The van der Waals surface area contributed by atoms with Crippen molar-refractivity contribution in [2.24, 2.45) is 0 Å². The van der Waals surface area contributed by atoms with Crippen LogP contribution in [0.4, 0.5) is 0 Å². The van der Waals surface area contributed by atoms with Crippen LogP contribution in [0.15, 0.2) is 123 Å². The third kappa shape index (κ3) is 3.38. The quantitative estimate of drug-likeness (QED) is 0.400. The number of benzene rings is 4. The van der Waals surface area contributed by atoms with Gasteiger partial charge in [-0.1, -0.05) is 115 Å². The molecule has 0 N–H and O–H groups in total. The molecule has 27 heavy (non-hydrogen) atoms.